The van der Waals surface area contributed by atoms with Crippen LogP contribution in [0.3, 0.4) is 0 Å². The molecule has 0 unspecified atom stereocenters. The van der Waals surface area contributed by atoms with Crippen LogP contribution in [0.4, 0.5) is 5.69 Å². The van der Waals surface area contributed by atoms with Gasteiger partial charge in [-0.1, -0.05) is 13.8 Å². The van der Waals surface area contributed by atoms with Crippen molar-refractivity contribution in [3.8, 4) is 0 Å². The fourth-order valence-corrected chi connectivity index (χ4v) is 1.34. The molecule has 1 N–H and O–H groups in total. The fraction of sp³-hybridized carbons (Fsp3) is 0.545. The third kappa shape index (κ3) is 3.31. The van der Waals surface area contributed by atoms with Crippen LogP contribution in [0.5, 0.6) is 0 Å². The fourth-order valence-electron chi connectivity index (χ4n) is 1.34. The first-order chi connectivity index (χ1) is 7.00. The molecule has 0 spiro atoms. The predicted molar refractivity (Wildman–Crippen MR) is 59.6 cm³/mol. The largest absolute Gasteiger partial charge is 0.323 e. The highest BCUT2D eigenvalue weighted by atomic mass is 16.1. The Labute approximate surface area is 90.1 Å². The Bertz CT molecular complexity index is 341. The van der Waals surface area contributed by atoms with Gasteiger partial charge in [-0.3, -0.25) is 4.79 Å². The molecule has 0 atom stereocenters. The predicted octanol–water partition coefficient (Wildman–Crippen LogP) is 2.08. The number of aryl methyl sites for hydroxylation is 2. The SMILES string of the molecule is Cc1ncnc(C)c1NC(=O)CC(C)C. The van der Waals surface area contributed by atoms with E-state index in [0.29, 0.717) is 12.3 Å². The summed E-state index contributed by atoms with van der Waals surface area (Å²) in [4.78, 5) is 19.7. The van der Waals surface area contributed by atoms with Crippen LogP contribution in [-0.2, 0) is 4.79 Å². The number of amides is 1. The molecular weight excluding hydrogens is 190 g/mol. The maximum atomic E-state index is 11.6. The number of nitrogens with zero attached hydrogens (tertiary/aromatic N) is 2. The van der Waals surface area contributed by atoms with Crippen LogP contribution in [0, 0.1) is 19.8 Å². The van der Waals surface area contributed by atoms with Gasteiger partial charge in [-0.05, 0) is 19.8 Å². The molecule has 0 bridgehead atoms. The van der Waals surface area contributed by atoms with Crippen LogP contribution in [0.25, 0.3) is 0 Å². The number of aromatic nitrogens is 2. The van der Waals surface area contributed by atoms with E-state index in [2.05, 4.69) is 15.3 Å². The number of carbonyl (C=O) groups excluding carboxylic acids is 1. The van der Waals surface area contributed by atoms with Crippen LogP contribution in [0.1, 0.15) is 31.7 Å². The summed E-state index contributed by atoms with van der Waals surface area (Å²) in [6.45, 7) is 7.75. The molecule has 0 radical (unpaired) electrons. The van der Waals surface area contributed by atoms with Crippen molar-refractivity contribution in [3.63, 3.8) is 0 Å². The van der Waals surface area contributed by atoms with Crippen LogP contribution in [0.2, 0.25) is 0 Å². The van der Waals surface area contributed by atoms with Crippen molar-refractivity contribution in [1.82, 2.24) is 9.97 Å². The molecule has 4 heteroatoms. The number of hydrogen-bond acceptors (Lipinski definition) is 3. The Balaban J connectivity index is 2.76. The zero-order valence-corrected chi connectivity index (χ0v) is 9.66. The van der Waals surface area contributed by atoms with Gasteiger partial charge in [0.05, 0.1) is 17.1 Å². The van der Waals surface area contributed by atoms with E-state index in [-0.39, 0.29) is 5.91 Å². The number of nitrogens with one attached hydrogen (secondary N) is 1. The molecule has 0 aliphatic rings. The summed E-state index contributed by atoms with van der Waals surface area (Å²) in [6, 6.07) is 0. The van der Waals surface area contributed by atoms with Crippen molar-refractivity contribution in [2.24, 2.45) is 5.92 Å². The van der Waals surface area contributed by atoms with Crippen LogP contribution in [0.15, 0.2) is 6.33 Å². The molecule has 0 aromatic carbocycles. The lowest BCUT2D eigenvalue weighted by molar-refractivity contribution is -0.116. The second-order valence-corrected chi connectivity index (χ2v) is 4.07. The first kappa shape index (κ1) is 11.6. The van der Waals surface area contributed by atoms with Crippen molar-refractivity contribution in [2.45, 2.75) is 34.1 Å². The maximum absolute atomic E-state index is 11.6. The summed E-state index contributed by atoms with van der Waals surface area (Å²) in [5.74, 6) is 0.376. The van der Waals surface area contributed by atoms with Gasteiger partial charge in [0.25, 0.3) is 0 Å². The Morgan fingerprint density at radius 1 is 1.33 bits per heavy atom. The van der Waals surface area contributed by atoms with Crippen molar-refractivity contribution in [2.75, 3.05) is 5.32 Å². The third-order valence-corrected chi connectivity index (χ3v) is 2.08. The highest BCUT2D eigenvalue weighted by Crippen LogP contribution is 2.15. The molecule has 0 aliphatic carbocycles. The van der Waals surface area contributed by atoms with E-state index in [1.165, 1.54) is 6.33 Å². The molecule has 0 saturated heterocycles. The average Bonchev–Trinajstić information content (AvgIpc) is 2.10. The second-order valence-electron chi connectivity index (χ2n) is 4.07. The highest BCUT2D eigenvalue weighted by molar-refractivity contribution is 5.91. The number of anilines is 1. The Kier molecular flexibility index (Phi) is 3.77. The standard InChI is InChI=1S/C11H17N3O/c1-7(2)5-10(15)14-11-8(3)12-6-13-9(11)4/h6-7H,5H2,1-4H3,(H,14,15). The number of hydrogen-bond donors (Lipinski definition) is 1. The van der Waals surface area contributed by atoms with Gasteiger partial charge in [0.2, 0.25) is 5.91 Å². The summed E-state index contributed by atoms with van der Waals surface area (Å²) in [5, 5.41) is 2.85. The summed E-state index contributed by atoms with van der Waals surface area (Å²) in [7, 11) is 0. The maximum Gasteiger partial charge on any atom is 0.224 e. The molecule has 4 nitrogen and oxygen atoms in total. The first-order valence-electron chi connectivity index (χ1n) is 5.08. The van der Waals surface area contributed by atoms with E-state index >= 15 is 0 Å². The van der Waals surface area contributed by atoms with Crippen molar-refractivity contribution in [1.29, 1.82) is 0 Å². The number of rotatable bonds is 3. The van der Waals surface area contributed by atoms with Gasteiger partial charge < -0.3 is 5.32 Å². The molecule has 1 heterocycles. The van der Waals surface area contributed by atoms with Crippen LogP contribution >= 0.6 is 0 Å². The van der Waals surface area contributed by atoms with Crippen molar-refractivity contribution >= 4 is 11.6 Å². The summed E-state index contributed by atoms with van der Waals surface area (Å²) in [5.41, 5.74) is 2.35. The minimum atomic E-state index is 0.0194. The van der Waals surface area contributed by atoms with Crippen LogP contribution in [-0.4, -0.2) is 15.9 Å². The lowest BCUT2D eigenvalue weighted by Crippen LogP contribution is -2.16. The van der Waals surface area contributed by atoms with E-state index in [4.69, 9.17) is 0 Å². The topological polar surface area (TPSA) is 54.9 Å². The summed E-state index contributed by atoms with van der Waals surface area (Å²) < 4.78 is 0. The molecular formula is C11H17N3O. The Hall–Kier alpha value is -1.45. The van der Waals surface area contributed by atoms with Gasteiger partial charge in [-0.25, -0.2) is 9.97 Å². The van der Waals surface area contributed by atoms with E-state index in [9.17, 15) is 4.79 Å². The van der Waals surface area contributed by atoms with Crippen LogP contribution < -0.4 is 5.32 Å². The van der Waals surface area contributed by atoms with Gasteiger partial charge in [-0.2, -0.15) is 0 Å². The van der Waals surface area contributed by atoms with E-state index < -0.39 is 0 Å². The molecule has 82 valence electrons. The smallest absolute Gasteiger partial charge is 0.224 e. The minimum Gasteiger partial charge on any atom is -0.323 e. The Morgan fingerprint density at radius 2 is 1.87 bits per heavy atom. The molecule has 15 heavy (non-hydrogen) atoms. The van der Waals surface area contributed by atoms with E-state index in [0.717, 1.165) is 17.1 Å². The second kappa shape index (κ2) is 4.87. The van der Waals surface area contributed by atoms with Gasteiger partial charge in [0.15, 0.2) is 0 Å². The zero-order chi connectivity index (χ0) is 11.4. The van der Waals surface area contributed by atoms with E-state index in [1.54, 1.807) is 0 Å². The minimum absolute atomic E-state index is 0.0194. The molecule has 0 fully saturated rings. The lowest BCUT2D eigenvalue weighted by atomic mass is 10.1. The highest BCUT2D eigenvalue weighted by Gasteiger charge is 2.09. The monoisotopic (exact) mass is 207 g/mol. The quantitative estimate of drug-likeness (QED) is 0.825. The normalized spacial score (nSPS) is 10.5. The number of carbonyl (C=O) groups is 1. The molecule has 0 aliphatic heterocycles. The zero-order valence-electron chi connectivity index (χ0n) is 9.66. The molecule has 1 rings (SSSR count). The molecule has 1 amide bonds. The lowest BCUT2D eigenvalue weighted by Gasteiger charge is -2.10. The van der Waals surface area contributed by atoms with Crippen molar-refractivity contribution < 1.29 is 4.79 Å². The molecule has 1 aromatic heterocycles. The molecule has 0 saturated carbocycles. The van der Waals surface area contributed by atoms with E-state index in [1.807, 2.05) is 27.7 Å². The van der Waals surface area contributed by atoms with Crippen molar-refractivity contribution in [3.05, 3.63) is 17.7 Å². The summed E-state index contributed by atoms with van der Waals surface area (Å²) >= 11 is 0. The first-order valence-corrected chi connectivity index (χ1v) is 5.08. The van der Waals surface area contributed by atoms with Gasteiger partial charge in [0.1, 0.15) is 6.33 Å². The average molecular weight is 207 g/mol. The molecule has 1 aromatic rings. The Morgan fingerprint density at radius 3 is 2.33 bits per heavy atom. The van der Waals surface area contributed by atoms with Gasteiger partial charge >= 0.3 is 0 Å². The third-order valence-electron chi connectivity index (χ3n) is 2.08. The van der Waals surface area contributed by atoms with Gasteiger partial charge in [-0.15, -0.1) is 0 Å². The summed E-state index contributed by atoms with van der Waals surface area (Å²) in [6.07, 6.45) is 2.02. The van der Waals surface area contributed by atoms with Gasteiger partial charge in [0, 0.05) is 6.42 Å².